The normalized spacial score (nSPS) is 10.9. The first-order valence-electron chi connectivity index (χ1n) is 4.03. The van der Waals surface area contributed by atoms with Gasteiger partial charge in [0, 0.05) is 5.38 Å². The highest BCUT2D eigenvalue weighted by molar-refractivity contribution is 7.13. The van der Waals surface area contributed by atoms with E-state index >= 15 is 0 Å². The number of anilines is 1. The molecule has 0 spiro atoms. The van der Waals surface area contributed by atoms with Crippen molar-refractivity contribution in [3.8, 4) is 0 Å². The van der Waals surface area contributed by atoms with Crippen molar-refractivity contribution in [2.75, 3.05) is 19.5 Å². The summed E-state index contributed by atoms with van der Waals surface area (Å²) in [6.07, 6.45) is 1.53. The van der Waals surface area contributed by atoms with E-state index in [1.807, 2.05) is 0 Å². The maximum Gasteiger partial charge on any atom is 0.346 e. The lowest BCUT2D eigenvalue weighted by atomic mass is 10.3. The summed E-state index contributed by atoms with van der Waals surface area (Å²) < 4.78 is 4.31. The number of hydrogen-bond donors (Lipinski definition) is 1. The monoisotopic (exact) mass is 242 g/mol. The molecule has 0 bridgehead atoms. The average Bonchev–Trinajstić information content (AvgIpc) is 2.70. The second kappa shape index (κ2) is 5.81. The Hall–Kier alpha value is -1.96. The molecule has 2 N–H and O–H groups in total. The summed E-state index contributed by atoms with van der Waals surface area (Å²) in [5.74, 6) is -0.605. The third kappa shape index (κ3) is 3.31. The fourth-order valence-corrected chi connectivity index (χ4v) is 1.27. The first-order valence-corrected chi connectivity index (χ1v) is 4.91. The van der Waals surface area contributed by atoms with Gasteiger partial charge in [0.05, 0.1) is 7.11 Å². The molecule has 0 aliphatic heterocycles. The summed E-state index contributed by atoms with van der Waals surface area (Å²) in [5, 5.41) is 5.22. The van der Waals surface area contributed by atoms with Crippen LogP contribution in [0.5, 0.6) is 0 Å². The Morgan fingerprint density at radius 2 is 2.50 bits per heavy atom. The summed E-state index contributed by atoms with van der Waals surface area (Å²) in [7, 11) is 1.21. The Balaban J connectivity index is 2.64. The zero-order valence-electron chi connectivity index (χ0n) is 8.30. The number of aromatic nitrogens is 1. The minimum Gasteiger partial charge on any atom is -0.466 e. The van der Waals surface area contributed by atoms with Gasteiger partial charge in [0.25, 0.3) is 6.29 Å². The van der Waals surface area contributed by atoms with Crippen LogP contribution in [0.4, 0.5) is 5.13 Å². The van der Waals surface area contributed by atoms with Crippen molar-refractivity contribution in [1.82, 2.24) is 4.98 Å². The van der Waals surface area contributed by atoms with Gasteiger partial charge in [-0.05, 0) is 0 Å². The molecule has 16 heavy (non-hydrogen) atoms. The van der Waals surface area contributed by atoms with Crippen molar-refractivity contribution in [3.05, 3.63) is 11.1 Å². The van der Waals surface area contributed by atoms with Crippen LogP contribution in [0.3, 0.4) is 0 Å². The van der Waals surface area contributed by atoms with E-state index in [0.29, 0.717) is 5.13 Å². The molecular weight excluding hydrogens is 234 g/mol. The summed E-state index contributed by atoms with van der Waals surface area (Å²) >= 11 is 1.15. The van der Waals surface area contributed by atoms with Gasteiger partial charge in [-0.2, -0.15) is 0 Å². The second-order valence-electron chi connectivity index (χ2n) is 2.46. The van der Waals surface area contributed by atoms with Crippen LogP contribution in [0, 0.1) is 0 Å². The zero-order chi connectivity index (χ0) is 12.0. The SMILES string of the molecule is COC(=O)CO/N=C(\[C]=O)c1csc(N)n1. The summed E-state index contributed by atoms with van der Waals surface area (Å²) in [6, 6.07) is 0. The number of carbonyl (C=O) groups excluding carboxylic acids is 2. The van der Waals surface area contributed by atoms with E-state index < -0.39 is 5.97 Å². The van der Waals surface area contributed by atoms with Crippen LogP contribution in [0.15, 0.2) is 10.5 Å². The molecule has 0 fully saturated rings. The third-order valence-electron chi connectivity index (χ3n) is 1.43. The van der Waals surface area contributed by atoms with Crippen LogP contribution in [-0.2, 0) is 19.2 Å². The number of rotatable bonds is 5. The number of esters is 1. The summed E-state index contributed by atoms with van der Waals surface area (Å²) in [6.45, 7) is -0.388. The number of oxime groups is 1. The lowest BCUT2D eigenvalue weighted by molar-refractivity contribution is -0.145. The molecule has 0 aromatic carbocycles. The molecule has 7 nitrogen and oxygen atoms in total. The molecule has 1 rings (SSSR count). The van der Waals surface area contributed by atoms with E-state index in [2.05, 4.69) is 19.7 Å². The minimum absolute atomic E-state index is 0.156. The highest BCUT2D eigenvalue weighted by atomic mass is 32.1. The van der Waals surface area contributed by atoms with Crippen molar-refractivity contribution >= 4 is 34.4 Å². The van der Waals surface area contributed by atoms with E-state index in [-0.39, 0.29) is 18.0 Å². The molecular formula is C8H8N3O4S. The fraction of sp³-hybridized carbons (Fsp3) is 0.250. The fourth-order valence-electron chi connectivity index (χ4n) is 0.723. The number of nitrogen functional groups attached to an aromatic ring is 1. The van der Waals surface area contributed by atoms with Crippen LogP contribution in [0.1, 0.15) is 5.69 Å². The summed E-state index contributed by atoms with van der Waals surface area (Å²) in [5.41, 5.74) is 5.47. The molecule has 0 saturated carbocycles. The number of thiazole rings is 1. The first kappa shape index (κ1) is 12.1. The van der Waals surface area contributed by atoms with Crippen molar-refractivity contribution < 1.29 is 19.2 Å². The first-order chi connectivity index (χ1) is 7.67. The van der Waals surface area contributed by atoms with Crippen molar-refractivity contribution in [2.24, 2.45) is 5.16 Å². The van der Waals surface area contributed by atoms with Gasteiger partial charge in [-0.25, -0.2) is 9.78 Å². The van der Waals surface area contributed by atoms with E-state index in [1.54, 1.807) is 0 Å². The molecule has 0 atom stereocenters. The number of nitrogens with two attached hydrogens (primary N) is 1. The molecule has 0 aliphatic carbocycles. The Bertz CT molecular complexity index is 415. The number of nitrogens with zero attached hydrogens (tertiary/aromatic N) is 2. The number of carbonyl (C=O) groups is 1. The van der Waals surface area contributed by atoms with Crippen LogP contribution in [0.2, 0.25) is 0 Å². The lowest BCUT2D eigenvalue weighted by Gasteiger charge is -1.97. The zero-order valence-corrected chi connectivity index (χ0v) is 9.11. The van der Waals surface area contributed by atoms with Crippen molar-refractivity contribution in [1.29, 1.82) is 0 Å². The second-order valence-corrected chi connectivity index (χ2v) is 3.35. The molecule has 1 radical (unpaired) electrons. The van der Waals surface area contributed by atoms with E-state index in [9.17, 15) is 9.59 Å². The predicted octanol–water partition coefficient (Wildman–Crippen LogP) is -0.271. The molecule has 0 aliphatic rings. The molecule has 85 valence electrons. The van der Waals surface area contributed by atoms with Gasteiger partial charge in [0.1, 0.15) is 5.69 Å². The van der Waals surface area contributed by atoms with Gasteiger partial charge < -0.3 is 15.3 Å². The number of ether oxygens (including phenoxy) is 1. The van der Waals surface area contributed by atoms with Gasteiger partial charge in [0.2, 0.25) is 6.61 Å². The summed E-state index contributed by atoms with van der Waals surface area (Å²) in [4.78, 5) is 29.6. The lowest BCUT2D eigenvalue weighted by Crippen LogP contribution is -2.10. The minimum atomic E-state index is -0.605. The van der Waals surface area contributed by atoms with Crippen molar-refractivity contribution in [2.45, 2.75) is 0 Å². The van der Waals surface area contributed by atoms with E-state index in [1.165, 1.54) is 18.8 Å². The highest BCUT2D eigenvalue weighted by Gasteiger charge is 2.09. The van der Waals surface area contributed by atoms with Gasteiger partial charge in [-0.1, -0.05) is 5.16 Å². The van der Waals surface area contributed by atoms with Gasteiger partial charge in [0.15, 0.2) is 10.8 Å². The molecule has 8 heteroatoms. The molecule has 0 amide bonds. The maximum absolute atomic E-state index is 10.7. The predicted molar refractivity (Wildman–Crippen MR) is 56.7 cm³/mol. The quantitative estimate of drug-likeness (QED) is 0.433. The molecule has 1 aromatic heterocycles. The van der Waals surface area contributed by atoms with Gasteiger partial charge in [-0.3, -0.25) is 4.79 Å². The van der Waals surface area contributed by atoms with Crippen molar-refractivity contribution in [3.63, 3.8) is 0 Å². The Kier molecular flexibility index (Phi) is 4.40. The largest absolute Gasteiger partial charge is 0.466 e. The molecule has 1 aromatic rings. The van der Waals surface area contributed by atoms with Gasteiger partial charge in [-0.15, -0.1) is 11.3 Å². The third-order valence-corrected chi connectivity index (χ3v) is 2.10. The maximum atomic E-state index is 10.7. The van der Waals surface area contributed by atoms with Crippen LogP contribution >= 0.6 is 11.3 Å². The smallest absolute Gasteiger partial charge is 0.346 e. The Morgan fingerprint density at radius 1 is 1.75 bits per heavy atom. The van der Waals surface area contributed by atoms with Crippen LogP contribution in [-0.4, -0.2) is 36.7 Å². The molecule has 0 saturated heterocycles. The van der Waals surface area contributed by atoms with Gasteiger partial charge >= 0.3 is 5.97 Å². The standard InChI is InChI=1S/C8H8N3O4S/c1-14-7(13)3-15-11-5(2-12)6-4-16-8(9)10-6/h4H,3H2,1H3,(H2,9,10)/b11-5+. The molecule has 0 unspecified atom stereocenters. The Labute approximate surface area is 94.9 Å². The molecule has 1 heterocycles. The number of hydrogen-bond acceptors (Lipinski definition) is 8. The van der Waals surface area contributed by atoms with E-state index in [4.69, 9.17) is 5.73 Å². The Morgan fingerprint density at radius 3 is 3.00 bits per heavy atom. The van der Waals surface area contributed by atoms with Crippen LogP contribution < -0.4 is 5.73 Å². The van der Waals surface area contributed by atoms with E-state index in [0.717, 1.165) is 11.3 Å². The topological polar surface area (TPSA) is 104 Å². The van der Waals surface area contributed by atoms with Crippen LogP contribution in [0.25, 0.3) is 0 Å². The average molecular weight is 242 g/mol. The number of methoxy groups -OCH3 is 1. The highest BCUT2D eigenvalue weighted by Crippen LogP contribution is 2.11.